The maximum Gasteiger partial charge on any atom is 0.208 e. The van der Waals surface area contributed by atoms with Gasteiger partial charge in [0, 0.05) is 17.1 Å². The fourth-order valence-electron chi connectivity index (χ4n) is 2.98. The summed E-state index contributed by atoms with van der Waals surface area (Å²) in [5.41, 5.74) is 2.05. The topological polar surface area (TPSA) is 62.0 Å². The maximum atomic E-state index is 12.9. The van der Waals surface area contributed by atoms with Crippen LogP contribution in [0.1, 0.15) is 25.8 Å². The lowest BCUT2D eigenvalue weighted by molar-refractivity contribution is 0.502. The molecule has 1 atom stereocenters. The average molecular weight is 371 g/mol. The first-order valence-corrected chi connectivity index (χ1v) is 10.6. The van der Waals surface area contributed by atoms with Gasteiger partial charge in [0.05, 0.1) is 9.79 Å². The van der Waals surface area contributed by atoms with E-state index in [1.165, 1.54) is 12.0 Å². The highest BCUT2D eigenvalue weighted by Crippen LogP contribution is 2.28. The molecule has 2 aromatic carbocycles. The van der Waals surface area contributed by atoms with Crippen molar-refractivity contribution in [2.24, 2.45) is 5.92 Å². The number of aromatic amines is 1. The van der Waals surface area contributed by atoms with Gasteiger partial charge < -0.3 is 10.3 Å². The summed E-state index contributed by atoms with van der Waals surface area (Å²) < 4.78 is 25.7. The summed E-state index contributed by atoms with van der Waals surface area (Å²) in [4.78, 5) is 3.77. The third-order valence-corrected chi connectivity index (χ3v) is 6.64. The fourth-order valence-corrected chi connectivity index (χ4v) is 4.43. The van der Waals surface area contributed by atoms with Crippen LogP contribution in [0.4, 0.5) is 0 Å². The van der Waals surface area contributed by atoms with Crippen LogP contribution in [-0.4, -0.2) is 26.5 Å². The summed E-state index contributed by atoms with van der Waals surface area (Å²) in [6.07, 6.45) is 3.70. The van der Waals surface area contributed by atoms with Crippen LogP contribution in [0.25, 0.3) is 10.9 Å². The zero-order valence-corrected chi connectivity index (χ0v) is 16.1. The Morgan fingerprint density at radius 3 is 2.62 bits per heavy atom. The molecule has 1 heterocycles. The van der Waals surface area contributed by atoms with E-state index in [1.54, 1.807) is 30.5 Å². The summed E-state index contributed by atoms with van der Waals surface area (Å²) in [6, 6.07) is 14.5. The number of hydrogen-bond acceptors (Lipinski definition) is 3. The van der Waals surface area contributed by atoms with E-state index in [0.29, 0.717) is 15.7 Å². The Morgan fingerprint density at radius 2 is 1.88 bits per heavy atom. The molecule has 0 aliphatic carbocycles. The smallest absolute Gasteiger partial charge is 0.208 e. The third kappa shape index (κ3) is 4.00. The van der Waals surface area contributed by atoms with Crippen molar-refractivity contribution in [3.8, 4) is 0 Å². The first-order valence-electron chi connectivity index (χ1n) is 9.13. The van der Waals surface area contributed by atoms with Crippen LogP contribution in [0.15, 0.2) is 64.5 Å². The number of fused-ring (bicyclic) bond motifs is 1. The Morgan fingerprint density at radius 1 is 1.12 bits per heavy atom. The van der Waals surface area contributed by atoms with E-state index in [1.807, 2.05) is 24.3 Å². The summed E-state index contributed by atoms with van der Waals surface area (Å²) >= 11 is 0. The minimum absolute atomic E-state index is 0.319. The van der Waals surface area contributed by atoms with Gasteiger partial charge in [0.25, 0.3) is 0 Å². The highest BCUT2D eigenvalue weighted by Gasteiger charge is 2.21. The van der Waals surface area contributed by atoms with Crippen molar-refractivity contribution in [2.75, 3.05) is 13.1 Å². The number of benzene rings is 2. The molecule has 26 heavy (non-hydrogen) atoms. The molecule has 0 bridgehead atoms. The van der Waals surface area contributed by atoms with Crippen LogP contribution in [-0.2, 0) is 16.3 Å². The van der Waals surface area contributed by atoms with Crippen molar-refractivity contribution in [2.45, 2.75) is 36.5 Å². The number of hydrogen-bond donors (Lipinski definition) is 2. The molecule has 138 valence electrons. The van der Waals surface area contributed by atoms with E-state index >= 15 is 0 Å². The van der Waals surface area contributed by atoms with Crippen LogP contribution in [0, 0.1) is 5.92 Å². The Labute approximate surface area is 155 Å². The predicted octanol–water partition coefficient (Wildman–Crippen LogP) is 4.18. The monoisotopic (exact) mass is 370 g/mol. The van der Waals surface area contributed by atoms with Crippen LogP contribution >= 0.6 is 0 Å². The Bertz CT molecular complexity index is 962. The van der Waals surface area contributed by atoms with Gasteiger partial charge in [0.1, 0.15) is 0 Å². The van der Waals surface area contributed by atoms with Crippen molar-refractivity contribution < 1.29 is 8.42 Å². The van der Waals surface area contributed by atoms with E-state index in [4.69, 9.17) is 0 Å². The molecule has 3 rings (SSSR count). The number of sulfone groups is 1. The first kappa shape index (κ1) is 18.7. The molecule has 3 aromatic rings. The molecule has 0 saturated heterocycles. The van der Waals surface area contributed by atoms with Gasteiger partial charge in [-0.25, -0.2) is 8.42 Å². The molecule has 2 N–H and O–H groups in total. The number of rotatable bonds is 8. The summed E-state index contributed by atoms with van der Waals surface area (Å²) in [5.74, 6) is 0.687. The number of aromatic nitrogens is 1. The molecule has 4 nitrogen and oxygen atoms in total. The zero-order chi connectivity index (χ0) is 18.6. The fraction of sp³-hybridized carbons (Fsp3) is 0.333. The summed E-state index contributed by atoms with van der Waals surface area (Å²) in [5, 5.41) is 4.22. The van der Waals surface area contributed by atoms with Crippen LogP contribution in [0.5, 0.6) is 0 Å². The van der Waals surface area contributed by atoms with Gasteiger partial charge in [-0.2, -0.15) is 0 Å². The van der Waals surface area contributed by atoms with E-state index < -0.39 is 9.84 Å². The molecule has 0 aliphatic heterocycles. The minimum atomic E-state index is -3.51. The van der Waals surface area contributed by atoms with Crippen molar-refractivity contribution in [1.82, 2.24) is 10.3 Å². The molecule has 1 aromatic heterocycles. The zero-order valence-electron chi connectivity index (χ0n) is 15.3. The quantitative estimate of drug-likeness (QED) is 0.585. The van der Waals surface area contributed by atoms with Gasteiger partial charge in [0.2, 0.25) is 9.84 Å². The van der Waals surface area contributed by atoms with Gasteiger partial charge in [-0.1, -0.05) is 50.6 Å². The van der Waals surface area contributed by atoms with Gasteiger partial charge in [-0.15, -0.1) is 0 Å². The van der Waals surface area contributed by atoms with Gasteiger partial charge in [-0.3, -0.25) is 0 Å². The lowest BCUT2D eigenvalue weighted by Crippen LogP contribution is -2.23. The van der Waals surface area contributed by atoms with E-state index in [0.717, 1.165) is 30.4 Å². The lowest BCUT2D eigenvalue weighted by atomic mass is 10.1. The molecule has 0 spiro atoms. The highest BCUT2D eigenvalue weighted by molar-refractivity contribution is 7.91. The number of H-pyrrole nitrogens is 1. The summed E-state index contributed by atoms with van der Waals surface area (Å²) in [6.45, 7) is 6.39. The van der Waals surface area contributed by atoms with Gasteiger partial charge in [0.15, 0.2) is 0 Å². The van der Waals surface area contributed by atoms with Crippen molar-refractivity contribution in [3.05, 3.63) is 60.3 Å². The molecular formula is C21H26N2O2S. The van der Waals surface area contributed by atoms with E-state index in [-0.39, 0.29) is 0 Å². The minimum Gasteiger partial charge on any atom is -0.360 e. The normalized spacial score (nSPS) is 13.2. The molecule has 5 heteroatoms. The Kier molecular flexibility index (Phi) is 5.79. The average Bonchev–Trinajstić information content (AvgIpc) is 3.09. The molecule has 0 radical (unpaired) electrons. The standard InChI is InChI=1S/C21H26N2O2S/c1-3-16(2)14-22-12-11-17-9-10-19-20(13-17)23-15-21(19)26(24,25)18-7-5-4-6-8-18/h4-10,13,15-16,22-23H,3,11-12,14H2,1-2H3. The van der Waals surface area contributed by atoms with Crippen LogP contribution < -0.4 is 5.32 Å². The second kappa shape index (κ2) is 8.06. The van der Waals surface area contributed by atoms with Crippen LogP contribution in [0.2, 0.25) is 0 Å². The molecule has 0 fully saturated rings. The molecule has 1 unspecified atom stereocenters. The molecule has 0 amide bonds. The van der Waals surface area contributed by atoms with Crippen molar-refractivity contribution >= 4 is 20.7 Å². The molecular weight excluding hydrogens is 344 g/mol. The first-order chi connectivity index (χ1) is 12.5. The van der Waals surface area contributed by atoms with Crippen molar-refractivity contribution in [3.63, 3.8) is 0 Å². The predicted molar refractivity (Wildman–Crippen MR) is 106 cm³/mol. The largest absolute Gasteiger partial charge is 0.360 e. The Balaban J connectivity index is 1.77. The van der Waals surface area contributed by atoms with Crippen molar-refractivity contribution in [1.29, 1.82) is 0 Å². The second-order valence-corrected chi connectivity index (χ2v) is 8.74. The van der Waals surface area contributed by atoms with Gasteiger partial charge >= 0.3 is 0 Å². The SMILES string of the molecule is CCC(C)CNCCc1ccc2c(S(=O)(=O)c3ccccc3)c[nH]c2c1. The summed E-state index contributed by atoms with van der Waals surface area (Å²) in [7, 11) is -3.51. The van der Waals surface area contributed by atoms with E-state index in [9.17, 15) is 8.42 Å². The van der Waals surface area contributed by atoms with E-state index in [2.05, 4.69) is 24.1 Å². The molecule has 0 saturated carbocycles. The number of nitrogens with one attached hydrogen (secondary N) is 2. The Hall–Kier alpha value is -2.11. The third-order valence-electron chi connectivity index (χ3n) is 4.83. The highest BCUT2D eigenvalue weighted by atomic mass is 32.2. The second-order valence-electron chi connectivity index (χ2n) is 6.82. The van der Waals surface area contributed by atoms with Crippen LogP contribution in [0.3, 0.4) is 0 Å². The lowest BCUT2D eigenvalue weighted by Gasteiger charge is -2.10. The maximum absolute atomic E-state index is 12.9. The van der Waals surface area contributed by atoms with Gasteiger partial charge in [-0.05, 0) is 49.2 Å². The molecule has 0 aliphatic rings.